The average Bonchev–Trinajstić information content (AvgIpc) is 3.00. The van der Waals surface area contributed by atoms with E-state index in [-0.39, 0.29) is 12.0 Å². The lowest BCUT2D eigenvalue weighted by molar-refractivity contribution is -0.147. The Hall–Kier alpha value is -1.36. The fourth-order valence-corrected chi connectivity index (χ4v) is 5.20. The fraction of sp³-hybridized carbons (Fsp3) is 0.600. The van der Waals surface area contributed by atoms with E-state index in [0.717, 1.165) is 36.9 Å². The van der Waals surface area contributed by atoms with Crippen molar-refractivity contribution in [2.45, 2.75) is 56.8 Å². The van der Waals surface area contributed by atoms with Crippen LogP contribution in [0.3, 0.4) is 0 Å². The maximum absolute atomic E-state index is 11.8. The van der Waals surface area contributed by atoms with Gasteiger partial charge in [-0.2, -0.15) is 0 Å². The highest BCUT2D eigenvalue weighted by molar-refractivity contribution is 5.88. The minimum absolute atomic E-state index is 0.0700. The van der Waals surface area contributed by atoms with Crippen LogP contribution in [0.1, 0.15) is 44.2 Å². The van der Waals surface area contributed by atoms with E-state index in [2.05, 4.69) is 35.3 Å². The summed E-state index contributed by atoms with van der Waals surface area (Å²) in [5.74, 6) is 0.0782. The Morgan fingerprint density at radius 1 is 1.33 bits per heavy atom. The number of nitrogens with zero attached hydrogens (tertiary/aromatic N) is 1. The van der Waals surface area contributed by atoms with E-state index in [9.17, 15) is 10.2 Å². The topological polar surface area (TPSA) is 59.5 Å². The number of aromatic nitrogens is 1. The summed E-state index contributed by atoms with van der Waals surface area (Å²) in [6.45, 7) is 4.93. The first-order chi connectivity index (χ1) is 11.4. The van der Waals surface area contributed by atoms with E-state index in [1.807, 2.05) is 19.9 Å². The van der Waals surface area contributed by atoms with Crippen molar-refractivity contribution in [3.8, 4) is 0 Å². The summed E-state index contributed by atoms with van der Waals surface area (Å²) in [6, 6.07) is 6.23. The van der Waals surface area contributed by atoms with E-state index >= 15 is 0 Å². The molecular weight excluding hydrogens is 300 g/mol. The van der Waals surface area contributed by atoms with Gasteiger partial charge in [0.25, 0.3) is 0 Å². The molecule has 0 bridgehead atoms. The van der Waals surface area contributed by atoms with Crippen LogP contribution >= 0.6 is 0 Å². The van der Waals surface area contributed by atoms with Crippen LogP contribution in [0, 0.1) is 5.92 Å². The minimum Gasteiger partial charge on any atom is -0.390 e. The van der Waals surface area contributed by atoms with E-state index in [1.165, 1.54) is 10.9 Å². The van der Waals surface area contributed by atoms with Crippen molar-refractivity contribution in [2.75, 3.05) is 13.6 Å². The number of likely N-dealkylation sites (N-methyl/N-ethyl adjacent to an activating group) is 1. The van der Waals surface area contributed by atoms with Gasteiger partial charge in [-0.25, -0.2) is 0 Å². The van der Waals surface area contributed by atoms with Crippen LogP contribution in [0.5, 0.6) is 0 Å². The van der Waals surface area contributed by atoms with Crippen molar-refractivity contribution in [1.29, 1.82) is 0 Å². The lowest BCUT2D eigenvalue weighted by Gasteiger charge is -2.54. The van der Waals surface area contributed by atoms with Gasteiger partial charge in [0.1, 0.15) is 5.60 Å². The third-order valence-corrected chi connectivity index (χ3v) is 6.80. The Morgan fingerprint density at radius 3 is 2.79 bits per heavy atom. The van der Waals surface area contributed by atoms with Gasteiger partial charge in [-0.15, -0.1) is 0 Å². The highest BCUT2D eigenvalue weighted by Gasteiger charge is 2.53. The van der Waals surface area contributed by atoms with Gasteiger partial charge in [-0.1, -0.05) is 26.0 Å². The molecule has 3 N–H and O–H groups in total. The summed E-state index contributed by atoms with van der Waals surface area (Å²) in [4.78, 5) is 5.61. The fourth-order valence-electron chi connectivity index (χ4n) is 5.20. The van der Waals surface area contributed by atoms with Crippen LogP contribution in [0.15, 0.2) is 24.4 Å². The van der Waals surface area contributed by atoms with Crippen LogP contribution < -0.4 is 0 Å². The molecule has 0 radical (unpaired) electrons. The smallest absolute Gasteiger partial charge is 0.106 e. The molecule has 24 heavy (non-hydrogen) atoms. The number of H-pyrrole nitrogens is 1. The molecule has 1 fully saturated rings. The average molecular weight is 328 g/mol. The monoisotopic (exact) mass is 328 g/mol. The summed E-state index contributed by atoms with van der Waals surface area (Å²) in [7, 11) is 2.09. The van der Waals surface area contributed by atoms with Gasteiger partial charge in [0, 0.05) is 35.6 Å². The van der Waals surface area contributed by atoms with Gasteiger partial charge in [0.15, 0.2) is 0 Å². The normalized spacial score (nSPS) is 30.5. The zero-order valence-electron chi connectivity index (χ0n) is 14.8. The summed E-state index contributed by atoms with van der Waals surface area (Å²) < 4.78 is 0. The molecule has 1 aliphatic heterocycles. The summed E-state index contributed by atoms with van der Waals surface area (Å²) in [6.07, 6.45) is 5.02. The van der Waals surface area contributed by atoms with Crippen molar-refractivity contribution in [3.05, 3.63) is 35.5 Å². The number of fused-ring (bicyclic) bond motifs is 2. The second-order valence-electron chi connectivity index (χ2n) is 7.84. The number of hydrogen-bond donors (Lipinski definition) is 3. The highest BCUT2D eigenvalue weighted by Crippen LogP contribution is 2.49. The Bertz CT molecular complexity index is 764. The molecule has 1 aliphatic carbocycles. The number of likely N-dealkylation sites (tertiary alicyclic amines) is 1. The van der Waals surface area contributed by atoms with Crippen LogP contribution in [0.4, 0.5) is 0 Å². The predicted octanol–water partition coefficient (Wildman–Crippen LogP) is 2.78. The Balaban J connectivity index is 1.84. The molecule has 1 unspecified atom stereocenters. The van der Waals surface area contributed by atoms with E-state index in [4.69, 9.17) is 0 Å². The molecule has 4 nitrogen and oxygen atoms in total. The van der Waals surface area contributed by atoms with Gasteiger partial charge >= 0.3 is 0 Å². The van der Waals surface area contributed by atoms with Crippen molar-refractivity contribution >= 4 is 10.9 Å². The SMILES string of the molecule is CCC(O)(CC)C1CN(C)[C@@H]2Cc3c[nH]c4cccc(c34)[C@@]2(O)C1. The molecule has 0 saturated carbocycles. The Morgan fingerprint density at radius 2 is 2.08 bits per heavy atom. The Labute approximate surface area is 143 Å². The molecule has 1 aromatic heterocycles. The molecule has 0 amide bonds. The van der Waals surface area contributed by atoms with Gasteiger partial charge in [0.05, 0.1) is 5.60 Å². The predicted molar refractivity (Wildman–Crippen MR) is 96.0 cm³/mol. The maximum Gasteiger partial charge on any atom is 0.106 e. The van der Waals surface area contributed by atoms with Crippen LogP contribution in [0.2, 0.25) is 0 Å². The number of rotatable bonds is 3. The van der Waals surface area contributed by atoms with Gasteiger partial charge in [0.2, 0.25) is 0 Å². The molecule has 4 heteroatoms. The largest absolute Gasteiger partial charge is 0.390 e. The van der Waals surface area contributed by atoms with E-state index < -0.39 is 11.2 Å². The molecule has 4 rings (SSSR count). The first-order valence-electron chi connectivity index (χ1n) is 9.17. The summed E-state index contributed by atoms with van der Waals surface area (Å²) in [5, 5.41) is 24.1. The second kappa shape index (κ2) is 5.32. The maximum atomic E-state index is 11.8. The second-order valence-corrected chi connectivity index (χ2v) is 7.84. The molecule has 0 spiro atoms. The van der Waals surface area contributed by atoms with Crippen molar-refractivity contribution in [2.24, 2.45) is 5.92 Å². The zero-order valence-corrected chi connectivity index (χ0v) is 14.8. The molecule has 2 heterocycles. The standard InChI is InChI=1S/C20H28N2O2/c1-4-19(23,5-2)14-10-20(24)15-7-6-8-16-18(15)13(11-21-16)9-17(20)22(3)12-14/h6-8,11,14,17,21,23-24H,4-5,9-10,12H2,1-3H3/t14?,17-,20+/m1/s1. The third kappa shape index (κ3) is 2.03. The highest BCUT2D eigenvalue weighted by atomic mass is 16.3. The Kier molecular flexibility index (Phi) is 3.57. The number of piperidine rings is 1. The van der Waals surface area contributed by atoms with Crippen molar-refractivity contribution < 1.29 is 10.2 Å². The zero-order chi connectivity index (χ0) is 17.1. The van der Waals surface area contributed by atoms with E-state index in [1.54, 1.807) is 0 Å². The molecule has 1 saturated heterocycles. The molecule has 130 valence electrons. The first-order valence-corrected chi connectivity index (χ1v) is 9.17. The van der Waals surface area contributed by atoms with Gasteiger partial charge in [-0.05, 0) is 49.9 Å². The third-order valence-electron chi connectivity index (χ3n) is 6.80. The quantitative estimate of drug-likeness (QED) is 0.812. The van der Waals surface area contributed by atoms with Gasteiger partial charge < -0.3 is 15.2 Å². The molecule has 3 atom stereocenters. The molecule has 2 aliphatic rings. The summed E-state index contributed by atoms with van der Waals surface area (Å²) >= 11 is 0. The number of nitrogens with one attached hydrogen (secondary N) is 1. The molecule has 2 aromatic rings. The first kappa shape index (κ1) is 16.1. The van der Waals surface area contributed by atoms with Crippen LogP contribution in [0.25, 0.3) is 10.9 Å². The minimum atomic E-state index is -0.898. The lowest BCUT2D eigenvalue weighted by Crippen LogP contribution is -2.62. The number of aliphatic hydroxyl groups is 2. The van der Waals surface area contributed by atoms with Gasteiger partial charge in [-0.3, -0.25) is 4.90 Å². The number of benzene rings is 1. The van der Waals surface area contributed by atoms with Crippen molar-refractivity contribution in [1.82, 2.24) is 9.88 Å². The van der Waals surface area contributed by atoms with Crippen molar-refractivity contribution in [3.63, 3.8) is 0 Å². The van der Waals surface area contributed by atoms with Crippen LogP contribution in [-0.4, -0.2) is 45.3 Å². The summed E-state index contributed by atoms with van der Waals surface area (Å²) in [5.41, 5.74) is 1.81. The number of aromatic amines is 1. The lowest BCUT2D eigenvalue weighted by atomic mass is 9.65. The molecule has 1 aromatic carbocycles. The van der Waals surface area contributed by atoms with Crippen LogP contribution in [-0.2, 0) is 12.0 Å². The van der Waals surface area contributed by atoms with E-state index in [0.29, 0.717) is 6.42 Å². The molecular formula is C20H28N2O2. The number of hydrogen-bond acceptors (Lipinski definition) is 3.